The molecule has 4 heteroatoms. The normalized spacial score (nSPS) is 17.9. The number of para-hydroxylation sites is 1. The molecule has 0 saturated carbocycles. The van der Waals surface area contributed by atoms with Crippen LogP contribution in [0.25, 0.3) is 65.0 Å². The van der Waals surface area contributed by atoms with Gasteiger partial charge < -0.3 is 14.1 Å². The van der Waals surface area contributed by atoms with Crippen molar-refractivity contribution in [2.24, 2.45) is 0 Å². The first-order valence-corrected chi connectivity index (χ1v) is 22.3. The van der Waals surface area contributed by atoms with E-state index < -0.39 is 5.60 Å². The molecule has 0 bridgehead atoms. The van der Waals surface area contributed by atoms with E-state index in [4.69, 9.17) is 9.15 Å². The van der Waals surface area contributed by atoms with E-state index in [9.17, 15) is 0 Å². The highest BCUT2D eigenvalue weighted by Gasteiger charge is 2.52. The lowest BCUT2D eigenvalue weighted by molar-refractivity contribution is 0.147. The summed E-state index contributed by atoms with van der Waals surface area (Å²) in [4.78, 5) is 2.46. The van der Waals surface area contributed by atoms with Crippen molar-refractivity contribution in [3.8, 4) is 28.0 Å². The average molecular weight is 816 g/mol. The predicted molar refractivity (Wildman–Crippen MR) is 258 cm³/mol. The Kier molecular flexibility index (Phi) is 7.43. The molecular formula is C58H41NO2S. The molecule has 10 aromatic rings. The highest BCUT2D eigenvalue weighted by molar-refractivity contribution is 7.26. The summed E-state index contributed by atoms with van der Waals surface area (Å²) in [5, 5.41) is 3.68. The summed E-state index contributed by atoms with van der Waals surface area (Å²) < 4.78 is 16.7. The van der Waals surface area contributed by atoms with Gasteiger partial charge in [-0.1, -0.05) is 147 Å². The Morgan fingerprint density at radius 2 is 1.23 bits per heavy atom. The molecular weight excluding hydrogens is 775 g/mol. The second-order valence-electron chi connectivity index (χ2n) is 17.7. The molecule has 2 aromatic heterocycles. The fraction of sp³-hybridized carbons (Fsp3) is 0.103. The van der Waals surface area contributed by atoms with Gasteiger partial charge in [0.05, 0.1) is 16.3 Å². The van der Waals surface area contributed by atoms with Crippen LogP contribution >= 0.6 is 11.3 Å². The van der Waals surface area contributed by atoms with Crippen molar-refractivity contribution in [3.63, 3.8) is 0 Å². The highest BCUT2D eigenvalue weighted by Crippen LogP contribution is 2.60. The second-order valence-corrected chi connectivity index (χ2v) is 18.8. The van der Waals surface area contributed by atoms with Gasteiger partial charge in [0.25, 0.3) is 0 Å². The van der Waals surface area contributed by atoms with E-state index in [1.54, 1.807) is 0 Å². The summed E-state index contributed by atoms with van der Waals surface area (Å²) in [5.41, 5.74) is 15.7. The van der Waals surface area contributed by atoms with Crippen molar-refractivity contribution < 1.29 is 9.15 Å². The summed E-state index contributed by atoms with van der Waals surface area (Å²) in [5.74, 6) is 1.65. The van der Waals surface area contributed by atoms with Gasteiger partial charge in [-0.2, -0.15) is 0 Å². The molecule has 3 nitrogen and oxygen atoms in total. The third kappa shape index (κ3) is 4.99. The molecule has 0 spiro atoms. The molecule has 0 fully saturated rings. The van der Waals surface area contributed by atoms with Crippen LogP contribution < -0.4 is 9.64 Å². The van der Waals surface area contributed by atoms with E-state index in [1.165, 1.54) is 64.7 Å². The van der Waals surface area contributed by atoms with Crippen molar-refractivity contribution in [1.29, 1.82) is 0 Å². The lowest BCUT2D eigenvalue weighted by Gasteiger charge is -2.38. The number of furan rings is 1. The summed E-state index contributed by atoms with van der Waals surface area (Å²) in [7, 11) is 0. The zero-order chi connectivity index (χ0) is 41.3. The first kappa shape index (κ1) is 35.6. The Bertz CT molecular complexity index is 3500. The summed E-state index contributed by atoms with van der Waals surface area (Å²) in [6.45, 7) is 6.99. The van der Waals surface area contributed by atoms with Crippen molar-refractivity contribution in [2.45, 2.75) is 37.7 Å². The van der Waals surface area contributed by atoms with Gasteiger partial charge in [-0.25, -0.2) is 0 Å². The molecule has 1 aliphatic heterocycles. The summed E-state index contributed by atoms with van der Waals surface area (Å²) >= 11 is 1.86. The van der Waals surface area contributed by atoms with Crippen LogP contribution in [-0.2, 0) is 5.41 Å². The number of anilines is 3. The predicted octanol–water partition coefficient (Wildman–Crippen LogP) is 16.1. The van der Waals surface area contributed by atoms with Gasteiger partial charge in [-0.05, 0) is 94.4 Å². The highest BCUT2D eigenvalue weighted by atomic mass is 32.1. The van der Waals surface area contributed by atoms with Gasteiger partial charge in [0.1, 0.15) is 22.7 Å². The number of nitrogens with zero attached hydrogens (tertiary/aromatic N) is 1. The van der Waals surface area contributed by atoms with E-state index in [0.29, 0.717) is 0 Å². The fourth-order valence-electron chi connectivity index (χ4n) is 11.0. The molecule has 0 radical (unpaired) electrons. The number of hydrogen-bond acceptors (Lipinski definition) is 4. The van der Waals surface area contributed by atoms with E-state index in [1.807, 2.05) is 11.3 Å². The zero-order valence-electron chi connectivity index (χ0n) is 34.6. The van der Waals surface area contributed by atoms with Crippen LogP contribution in [0.1, 0.15) is 60.3 Å². The van der Waals surface area contributed by atoms with Crippen LogP contribution in [0.3, 0.4) is 0 Å². The number of thiophene rings is 1. The molecule has 3 heterocycles. The number of benzene rings is 8. The number of fused-ring (bicyclic) bond motifs is 12. The second kappa shape index (κ2) is 12.9. The largest absolute Gasteiger partial charge is 0.481 e. The molecule has 0 saturated heterocycles. The number of hydrogen-bond donors (Lipinski definition) is 0. The van der Waals surface area contributed by atoms with Crippen LogP contribution in [-0.4, -0.2) is 5.60 Å². The molecule has 13 rings (SSSR count). The molecule has 0 N–H and O–H groups in total. The maximum absolute atomic E-state index is 7.47. The first-order chi connectivity index (χ1) is 30.3. The van der Waals surface area contributed by atoms with Crippen molar-refractivity contribution in [2.75, 3.05) is 4.90 Å². The minimum absolute atomic E-state index is 0.120. The quantitative estimate of drug-likeness (QED) is 0.173. The Morgan fingerprint density at radius 1 is 0.548 bits per heavy atom. The third-order valence-electron chi connectivity index (χ3n) is 13.9. The van der Waals surface area contributed by atoms with E-state index >= 15 is 0 Å². The smallest absolute Gasteiger partial charge is 0.143 e. The summed E-state index contributed by atoms with van der Waals surface area (Å²) in [6.07, 6.45) is 2.24. The molecule has 296 valence electrons. The fourth-order valence-corrected chi connectivity index (χ4v) is 12.2. The lowest BCUT2D eigenvalue weighted by atomic mass is 9.69. The van der Waals surface area contributed by atoms with Gasteiger partial charge in [0.2, 0.25) is 0 Å². The third-order valence-corrected chi connectivity index (χ3v) is 15.2. The molecule has 0 amide bonds. The van der Waals surface area contributed by atoms with Crippen LogP contribution in [0.2, 0.25) is 0 Å². The monoisotopic (exact) mass is 815 g/mol. The first-order valence-electron chi connectivity index (χ1n) is 21.5. The van der Waals surface area contributed by atoms with Crippen LogP contribution in [0.4, 0.5) is 17.1 Å². The Labute approximate surface area is 364 Å². The number of ether oxygens (including phenoxy) is 1. The minimum atomic E-state index is -0.700. The SMILES string of the molecule is CC1(C)c2ccccc2-c2ccc(N(c3ccc4c(c3)OC3(C)C4=Cc4oc5ccccc5c4C3c3ccc(-c4ccccc4)cc3)c3cccc4c3sc3ccccc34)cc21. The van der Waals surface area contributed by atoms with Crippen molar-refractivity contribution in [3.05, 3.63) is 216 Å². The van der Waals surface area contributed by atoms with Crippen LogP contribution in [0, 0.1) is 0 Å². The van der Waals surface area contributed by atoms with Gasteiger partial charge in [-0.3, -0.25) is 0 Å². The Balaban J connectivity index is 0.988. The standard InChI is InChI=1S/C58H41NO2S/c1-57(2)46-20-10-7-16-40(46)41-30-28-38(32-47(41)57)59(49-21-13-19-43-42-17-9-12-23-53(42)62-56(43)49)39-29-31-44-48-34-52-54(45-18-8-11-22-50(45)60-52)55(58(48,3)61-51(44)33-39)37-26-24-36(25-27-37)35-14-5-4-6-15-35/h4-34,55H,1-3H3. The van der Waals surface area contributed by atoms with Crippen molar-refractivity contribution >= 4 is 71.2 Å². The maximum atomic E-state index is 7.47. The van der Waals surface area contributed by atoms with Gasteiger partial charge in [0.15, 0.2) is 0 Å². The minimum Gasteiger partial charge on any atom is -0.481 e. The average Bonchev–Trinajstić information content (AvgIpc) is 4.02. The van der Waals surface area contributed by atoms with Crippen molar-refractivity contribution in [1.82, 2.24) is 0 Å². The topological polar surface area (TPSA) is 25.6 Å². The van der Waals surface area contributed by atoms with E-state index in [-0.39, 0.29) is 11.3 Å². The molecule has 2 aliphatic carbocycles. The molecule has 2 atom stereocenters. The van der Waals surface area contributed by atoms with Crippen LogP contribution in [0.15, 0.2) is 186 Å². The van der Waals surface area contributed by atoms with Gasteiger partial charge in [0, 0.05) is 60.4 Å². The molecule has 8 aromatic carbocycles. The molecule has 3 aliphatic rings. The molecule has 2 unspecified atom stereocenters. The van der Waals surface area contributed by atoms with Gasteiger partial charge >= 0.3 is 0 Å². The number of rotatable bonds is 5. The van der Waals surface area contributed by atoms with Crippen LogP contribution in [0.5, 0.6) is 5.75 Å². The lowest BCUT2D eigenvalue weighted by Crippen LogP contribution is -2.39. The maximum Gasteiger partial charge on any atom is 0.143 e. The summed E-state index contributed by atoms with van der Waals surface area (Å²) in [6, 6.07) is 66.4. The van der Waals surface area contributed by atoms with Gasteiger partial charge in [-0.15, -0.1) is 11.3 Å². The molecule has 62 heavy (non-hydrogen) atoms. The Hall–Kier alpha value is -7.14. The van der Waals surface area contributed by atoms with E-state index in [2.05, 4.69) is 214 Å². The van der Waals surface area contributed by atoms with E-state index in [0.717, 1.165) is 50.7 Å². The Morgan fingerprint density at radius 3 is 2.08 bits per heavy atom. The zero-order valence-corrected chi connectivity index (χ0v) is 35.5.